The van der Waals surface area contributed by atoms with Crippen LogP contribution in [-0.4, -0.2) is 44.5 Å². The highest BCUT2D eigenvalue weighted by atomic mass is 32.2. The molecule has 1 unspecified atom stereocenters. The number of thioether (sulfide) groups is 1. The van der Waals surface area contributed by atoms with Crippen LogP contribution in [0.2, 0.25) is 0 Å². The first-order valence-electron chi connectivity index (χ1n) is 15.5. The lowest BCUT2D eigenvalue weighted by atomic mass is 10.1. The van der Waals surface area contributed by atoms with E-state index in [2.05, 4.69) is 16.0 Å². The van der Waals surface area contributed by atoms with Crippen LogP contribution < -0.4 is 25.4 Å². The minimum atomic E-state index is -0.771. The van der Waals surface area contributed by atoms with Crippen LogP contribution in [-0.2, 0) is 9.53 Å². The summed E-state index contributed by atoms with van der Waals surface area (Å²) in [4.78, 5) is 54.7. The van der Waals surface area contributed by atoms with Gasteiger partial charge < -0.3 is 30.2 Å². The lowest BCUT2D eigenvalue weighted by Gasteiger charge is -2.18. The Morgan fingerprint density at radius 3 is 2.08 bits per heavy atom. The Hall–Kier alpha value is -5.59. The molecular formula is C38H35N3O7S2. The maximum Gasteiger partial charge on any atom is 0.341 e. The van der Waals surface area contributed by atoms with Crippen molar-refractivity contribution in [1.29, 1.82) is 0 Å². The van der Waals surface area contributed by atoms with Crippen molar-refractivity contribution in [3.63, 3.8) is 0 Å². The van der Waals surface area contributed by atoms with Crippen LogP contribution in [0.4, 0.5) is 16.4 Å². The van der Waals surface area contributed by atoms with Gasteiger partial charge in [-0.05, 0) is 73.5 Å². The van der Waals surface area contributed by atoms with Gasteiger partial charge in [0.25, 0.3) is 11.8 Å². The lowest BCUT2D eigenvalue weighted by molar-refractivity contribution is -0.115. The quantitative estimate of drug-likeness (QED) is 0.0823. The number of benzene rings is 4. The number of para-hydroxylation sites is 1. The standard InChI is InChI=1S/C38H35N3O7S2/c1-5-48-38(45)31-23(2)32(35(43)39-26-15-10-7-11-16-26)50-37(31)41-36(44)33(24-13-8-6-9-14-24)49-28-18-12-17-27(22-28)40-34(42)25-19-20-29(46-3)30(21-25)47-4/h6-22,33H,5H2,1-4H3,(H,39,43)(H,40,42)(H,41,44). The molecule has 0 aliphatic carbocycles. The molecule has 3 amide bonds. The van der Waals surface area contributed by atoms with Crippen LogP contribution in [0.3, 0.4) is 0 Å². The Labute approximate surface area is 298 Å². The van der Waals surface area contributed by atoms with E-state index in [1.807, 2.05) is 42.5 Å². The molecule has 0 fully saturated rings. The normalized spacial score (nSPS) is 11.2. The van der Waals surface area contributed by atoms with Crippen molar-refractivity contribution in [2.24, 2.45) is 0 Å². The summed E-state index contributed by atoms with van der Waals surface area (Å²) in [7, 11) is 3.02. The molecule has 0 radical (unpaired) electrons. The molecule has 50 heavy (non-hydrogen) atoms. The highest BCUT2D eigenvalue weighted by Crippen LogP contribution is 2.40. The summed E-state index contributed by atoms with van der Waals surface area (Å²) in [5, 5.41) is 8.11. The van der Waals surface area contributed by atoms with Gasteiger partial charge in [-0.1, -0.05) is 54.6 Å². The second-order valence-corrected chi connectivity index (χ2v) is 12.9. The Morgan fingerprint density at radius 2 is 1.40 bits per heavy atom. The van der Waals surface area contributed by atoms with E-state index < -0.39 is 23.0 Å². The SMILES string of the molecule is CCOC(=O)c1c(NC(=O)C(Sc2cccc(NC(=O)c3ccc(OC)c(OC)c3)c2)c2ccccc2)sc(C(=O)Nc2ccccc2)c1C. The zero-order chi connectivity index (χ0) is 35.6. The van der Waals surface area contributed by atoms with E-state index in [0.29, 0.717) is 44.5 Å². The van der Waals surface area contributed by atoms with Crippen molar-refractivity contribution in [1.82, 2.24) is 0 Å². The van der Waals surface area contributed by atoms with E-state index in [9.17, 15) is 19.2 Å². The molecule has 0 saturated heterocycles. The molecule has 3 N–H and O–H groups in total. The number of anilines is 3. The van der Waals surface area contributed by atoms with Gasteiger partial charge >= 0.3 is 5.97 Å². The van der Waals surface area contributed by atoms with Gasteiger partial charge in [0.1, 0.15) is 10.3 Å². The first kappa shape index (κ1) is 35.7. The predicted molar refractivity (Wildman–Crippen MR) is 197 cm³/mol. The topological polar surface area (TPSA) is 132 Å². The summed E-state index contributed by atoms with van der Waals surface area (Å²) in [6.07, 6.45) is 0. The molecule has 12 heteroatoms. The largest absolute Gasteiger partial charge is 0.493 e. The molecule has 1 heterocycles. The smallest absolute Gasteiger partial charge is 0.341 e. The summed E-state index contributed by atoms with van der Waals surface area (Å²) in [5.74, 6) is -0.883. The molecule has 0 aliphatic rings. The van der Waals surface area contributed by atoms with E-state index in [4.69, 9.17) is 14.2 Å². The molecule has 0 spiro atoms. The molecule has 0 aliphatic heterocycles. The van der Waals surface area contributed by atoms with E-state index >= 15 is 0 Å². The number of carbonyl (C=O) groups excluding carboxylic acids is 4. The van der Waals surface area contributed by atoms with Crippen LogP contribution in [0, 0.1) is 6.92 Å². The number of methoxy groups -OCH3 is 2. The summed E-state index contributed by atoms with van der Waals surface area (Å²) in [6, 6.07) is 30.2. The van der Waals surface area contributed by atoms with E-state index in [1.54, 1.807) is 74.5 Å². The van der Waals surface area contributed by atoms with E-state index in [-0.39, 0.29) is 28.0 Å². The fourth-order valence-corrected chi connectivity index (χ4v) is 7.20. The molecule has 0 saturated carbocycles. The minimum Gasteiger partial charge on any atom is -0.493 e. The Balaban J connectivity index is 1.41. The maximum absolute atomic E-state index is 14.1. The van der Waals surface area contributed by atoms with Crippen LogP contribution in [0.15, 0.2) is 108 Å². The molecule has 5 rings (SSSR count). The Morgan fingerprint density at radius 1 is 0.740 bits per heavy atom. The van der Waals surface area contributed by atoms with E-state index in [0.717, 1.165) is 11.3 Å². The van der Waals surface area contributed by atoms with Gasteiger partial charge in [0, 0.05) is 21.8 Å². The van der Waals surface area contributed by atoms with Gasteiger partial charge in [0.05, 0.1) is 31.3 Å². The van der Waals surface area contributed by atoms with E-state index in [1.165, 1.54) is 26.0 Å². The summed E-state index contributed by atoms with van der Waals surface area (Å²) < 4.78 is 15.9. The van der Waals surface area contributed by atoms with Gasteiger partial charge in [-0.15, -0.1) is 23.1 Å². The second-order valence-electron chi connectivity index (χ2n) is 10.8. The number of rotatable bonds is 13. The third-order valence-electron chi connectivity index (χ3n) is 7.43. The van der Waals surface area contributed by atoms with Crippen LogP contribution in [0.1, 0.15) is 53.7 Å². The monoisotopic (exact) mass is 709 g/mol. The van der Waals surface area contributed by atoms with Crippen molar-refractivity contribution in [3.05, 3.63) is 130 Å². The maximum atomic E-state index is 14.1. The first-order chi connectivity index (χ1) is 24.2. The molecule has 5 aromatic rings. The zero-order valence-corrected chi connectivity index (χ0v) is 29.4. The Bertz CT molecular complexity index is 2000. The second kappa shape index (κ2) is 16.7. The average Bonchev–Trinajstić information content (AvgIpc) is 3.46. The molecule has 1 atom stereocenters. The highest BCUT2D eigenvalue weighted by molar-refractivity contribution is 8.00. The van der Waals surface area contributed by atoms with Gasteiger partial charge in [-0.25, -0.2) is 4.79 Å². The molecule has 256 valence electrons. The lowest BCUT2D eigenvalue weighted by Crippen LogP contribution is -2.20. The average molecular weight is 710 g/mol. The van der Waals surface area contributed by atoms with Gasteiger partial charge in [0.2, 0.25) is 5.91 Å². The first-order valence-corrected chi connectivity index (χ1v) is 17.2. The number of nitrogens with one attached hydrogen (secondary N) is 3. The fraction of sp³-hybridized carbons (Fsp3) is 0.158. The van der Waals surface area contributed by atoms with Gasteiger partial charge in [-0.3, -0.25) is 14.4 Å². The molecule has 4 aromatic carbocycles. The van der Waals surface area contributed by atoms with Crippen molar-refractivity contribution in [2.45, 2.75) is 24.0 Å². The number of thiophene rings is 1. The molecule has 0 bridgehead atoms. The number of amides is 3. The number of carbonyl (C=O) groups is 4. The number of hydrogen-bond acceptors (Lipinski definition) is 9. The third kappa shape index (κ3) is 8.52. The van der Waals surface area contributed by atoms with Gasteiger partial charge in [0.15, 0.2) is 11.5 Å². The predicted octanol–water partition coefficient (Wildman–Crippen LogP) is 8.23. The van der Waals surface area contributed by atoms with Gasteiger partial charge in [-0.2, -0.15) is 0 Å². The van der Waals surface area contributed by atoms with Crippen LogP contribution in [0.25, 0.3) is 0 Å². The minimum absolute atomic E-state index is 0.119. The van der Waals surface area contributed by atoms with Crippen LogP contribution >= 0.6 is 23.1 Å². The van der Waals surface area contributed by atoms with Crippen molar-refractivity contribution < 1.29 is 33.4 Å². The van der Waals surface area contributed by atoms with Crippen molar-refractivity contribution >= 4 is 63.2 Å². The highest BCUT2D eigenvalue weighted by Gasteiger charge is 2.30. The fourth-order valence-electron chi connectivity index (χ4n) is 5.02. The molecular weight excluding hydrogens is 675 g/mol. The number of esters is 1. The molecule has 1 aromatic heterocycles. The summed E-state index contributed by atoms with van der Waals surface area (Å²) >= 11 is 2.28. The van der Waals surface area contributed by atoms with Crippen molar-refractivity contribution in [3.8, 4) is 11.5 Å². The number of ether oxygens (including phenoxy) is 3. The molecule has 10 nitrogen and oxygen atoms in total. The Kier molecular flexibility index (Phi) is 11.9. The number of hydrogen-bond donors (Lipinski definition) is 3. The summed E-state index contributed by atoms with van der Waals surface area (Å²) in [5.41, 5.74) is 2.73. The zero-order valence-electron chi connectivity index (χ0n) is 27.8. The van der Waals surface area contributed by atoms with Crippen molar-refractivity contribution in [2.75, 3.05) is 36.8 Å². The van der Waals surface area contributed by atoms with Crippen LogP contribution in [0.5, 0.6) is 11.5 Å². The third-order valence-corrected chi connectivity index (χ3v) is 9.89. The summed E-state index contributed by atoms with van der Waals surface area (Å²) in [6.45, 7) is 3.46.